The molecule has 0 amide bonds. The van der Waals surface area contributed by atoms with E-state index in [0.29, 0.717) is 0 Å². The maximum atomic E-state index is 9.19. The zero-order valence-electron chi connectivity index (χ0n) is 6.42. The van der Waals surface area contributed by atoms with Crippen molar-refractivity contribution in [3.05, 3.63) is 0 Å². The molecule has 0 bridgehead atoms. The van der Waals surface area contributed by atoms with Crippen molar-refractivity contribution in [3.63, 3.8) is 0 Å². The van der Waals surface area contributed by atoms with Gasteiger partial charge in [0.15, 0.2) is 0 Å². The van der Waals surface area contributed by atoms with Crippen LogP contribution in [0.2, 0.25) is 0 Å². The summed E-state index contributed by atoms with van der Waals surface area (Å²) in [5, 5.41) is 9.19. The number of aliphatic hydroxyl groups excluding tert-OH is 1. The average Bonchev–Trinajstić information content (AvgIpc) is 1.90. The van der Waals surface area contributed by atoms with Crippen LogP contribution in [0.25, 0.3) is 0 Å². The summed E-state index contributed by atoms with van der Waals surface area (Å²) in [5.41, 5.74) is 0. The first kappa shape index (κ1) is 8.92. The summed E-state index contributed by atoms with van der Waals surface area (Å²) >= 11 is 0. The highest BCUT2D eigenvalue weighted by atomic mass is 16.5. The van der Waals surface area contributed by atoms with E-state index >= 15 is 0 Å². The quantitative estimate of drug-likeness (QED) is 0.622. The molecule has 56 valence electrons. The summed E-state index contributed by atoms with van der Waals surface area (Å²) in [4.78, 5) is 0. The van der Waals surface area contributed by atoms with Crippen LogP contribution in [0.15, 0.2) is 0 Å². The summed E-state index contributed by atoms with van der Waals surface area (Å²) in [6.45, 7) is 3.96. The van der Waals surface area contributed by atoms with Crippen molar-refractivity contribution < 1.29 is 9.84 Å². The zero-order valence-corrected chi connectivity index (χ0v) is 6.42. The molecular formula is C7H16O2. The van der Waals surface area contributed by atoms with E-state index in [1.165, 1.54) is 0 Å². The minimum atomic E-state index is -0.292. The first-order valence-corrected chi connectivity index (χ1v) is 3.47. The maximum absolute atomic E-state index is 9.19. The van der Waals surface area contributed by atoms with E-state index in [9.17, 15) is 5.11 Å². The van der Waals surface area contributed by atoms with Gasteiger partial charge >= 0.3 is 0 Å². The fourth-order valence-electron chi connectivity index (χ4n) is 0.859. The largest absolute Gasteiger partial charge is 0.390 e. The van der Waals surface area contributed by atoms with Crippen LogP contribution in [0, 0.1) is 0 Å². The second-order valence-corrected chi connectivity index (χ2v) is 2.16. The number of aliphatic hydroxyl groups is 1. The van der Waals surface area contributed by atoms with Gasteiger partial charge < -0.3 is 9.84 Å². The van der Waals surface area contributed by atoms with Crippen molar-refractivity contribution >= 4 is 0 Å². The lowest BCUT2D eigenvalue weighted by Gasteiger charge is -2.17. The molecule has 0 unspecified atom stereocenters. The van der Waals surface area contributed by atoms with Gasteiger partial charge in [-0.1, -0.05) is 13.8 Å². The molecule has 0 spiro atoms. The van der Waals surface area contributed by atoms with Crippen LogP contribution in [0.4, 0.5) is 0 Å². The predicted octanol–water partition coefficient (Wildman–Crippen LogP) is 1.18. The second-order valence-electron chi connectivity index (χ2n) is 2.16. The molecule has 0 rings (SSSR count). The van der Waals surface area contributed by atoms with Crippen LogP contribution in [0.1, 0.15) is 26.7 Å². The number of hydrogen-bond acceptors (Lipinski definition) is 2. The van der Waals surface area contributed by atoms with Crippen LogP contribution in [0.3, 0.4) is 0 Å². The summed E-state index contributed by atoms with van der Waals surface area (Å²) in [6, 6.07) is 0. The lowest BCUT2D eigenvalue weighted by Crippen LogP contribution is -2.26. The van der Waals surface area contributed by atoms with Crippen LogP contribution >= 0.6 is 0 Å². The van der Waals surface area contributed by atoms with Gasteiger partial charge in [-0.05, 0) is 12.8 Å². The van der Waals surface area contributed by atoms with E-state index in [2.05, 4.69) is 0 Å². The van der Waals surface area contributed by atoms with Crippen molar-refractivity contribution in [3.8, 4) is 0 Å². The third kappa shape index (κ3) is 2.82. The molecule has 0 saturated heterocycles. The monoisotopic (exact) mass is 132 g/mol. The molecule has 2 atom stereocenters. The third-order valence-corrected chi connectivity index (χ3v) is 1.55. The predicted molar refractivity (Wildman–Crippen MR) is 37.4 cm³/mol. The smallest absolute Gasteiger partial charge is 0.0827 e. The van der Waals surface area contributed by atoms with Gasteiger partial charge in [0.25, 0.3) is 0 Å². The Bertz CT molecular complexity index is 59.9. The Labute approximate surface area is 56.8 Å². The molecule has 0 fully saturated rings. The van der Waals surface area contributed by atoms with E-state index in [1.807, 2.05) is 13.8 Å². The minimum Gasteiger partial charge on any atom is -0.390 e. The van der Waals surface area contributed by atoms with Crippen LogP contribution in [0.5, 0.6) is 0 Å². The maximum Gasteiger partial charge on any atom is 0.0827 e. The molecule has 0 aromatic rings. The first-order valence-electron chi connectivity index (χ1n) is 3.47. The first-order chi connectivity index (χ1) is 4.26. The van der Waals surface area contributed by atoms with Crippen molar-refractivity contribution in [1.82, 2.24) is 0 Å². The molecule has 9 heavy (non-hydrogen) atoms. The molecular weight excluding hydrogens is 116 g/mol. The topological polar surface area (TPSA) is 29.5 Å². The summed E-state index contributed by atoms with van der Waals surface area (Å²) in [6.07, 6.45) is 1.38. The molecule has 0 aromatic heterocycles. The molecule has 0 aromatic carbocycles. The van der Waals surface area contributed by atoms with Crippen molar-refractivity contribution in [2.45, 2.75) is 38.9 Å². The molecule has 0 aliphatic heterocycles. The molecule has 2 nitrogen and oxygen atoms in total. The Morgan fingerprint density at radius 2 is 1.89 bits per heavy atom. The van der Waals surface area contributed by atoms with E-state index in [1.54, 1.807) is 7.11 Å². The molecule has 0 heterocycles. The van der Waals surface area contributed by atoms with Gasteiger partial charge in [-0.15, -0.1) is 0 Å². The molecule has 0 saturated carbocycles. The highest BCUT2D eigenvalue weighted by molar-refractivity contribution is 4.64. The van der Waals surface area contributed by atoms with Crippen molar-refractivity contribution in [2.75, 3.05) is 7.11 Å². The number of methoxy groups -OCH3 is 1. The fraction of sp³-hybridized carbons (Fsp3) is 1.00. The Morgan fingerprint density at radius 1 is 1.33 bits per heavy atom. The van der Waals surface area contributed by atoms with Crippen molar-refractivity contribution in [2.24, 2.45) is 0 Å². The lowest BCUT2D eigenvalue weighted by atomic mass is 10.1. The van der Waals surface area contributed by atoms with Gasteiger partial charge in [-0.2, -0.15) is 0 Å². The summed E-state index contributed by atoms with van der Waals surface area (Å²) < 4.78 is 5.00. The Kier molecular flexibility index (Phi) is 4.72. The third-order valence-electron chi connectivity index (χ3n) is 1.55. The standard InChI is InChI=1S/C7H16O2/c1-4-6(8)7(5-2)9-3/h6-8H,4-5H2,1-3H3/t6-,7+/m0/s1. The van der Waals surface area contributed by atoms with Gasteiger partial charge in [0, 0.05) is 7.11 Å². The normalized spacial score (nSPS) is 17.3. The molecule has 2 heteroatoms. The van der Waals surface area contributed by atoms with E-state index in [-0.39, 0.29) is 12.2 Å². The van der Waals surface area contributed by atoms with Crippen LogP contribution < -0.4 is 0 Å². The van der Waals surface area contributed by atoms with Gasteiger partial charge in [0.2, 0.25) is 0 Å². The minimum absolute atomic E-state index is 0.0231. The van der Waals surface area contributed by atoms with E-state index in [4.69, 9.17) is 4.74 Å². The van der Waals surface area contributed by atoms with Crippen molar-refractivity contribution in [1.29, 1.82) is 0 Å². The Morgan fingerprint density at radius 3 is 2.00 bits per heavy atom. The lowest BCUT2D eigenvalue weighted by molar-refractivity contribution is -0.0148. The van der Waals surface area contributed by atoms with Crippen LogP contribution in [-0.2, 0) is 4.74 Å². The highest BCUT2D eigenvalue weighted by Gasteiger charge is 2.12. The van der Waals surface area contributed by atoms with Gasteiger partial charge in [0.05, 0.1) is 12.2 Å². The second kappa shape index (κ2) is 4.77. The Balaban J connectivity index is 3.50. The zero-order chi connectivity index (χ0) is 7.28. The summed E-state index contributed by atoms with van der Waals surface area (Å²) in [5.74, 6) is 0. The molecule has 1 N–H and O–H groups in total. The molecule has 0 radical (unpaired) electrons. The average molecular weight is 132 g/mol. The molecule has 0 aliphatic carbocycles. The highest BCUT2D eigenvalue weighted by Crippen LogP contribution is 2.05. The van der Waals surface area contributed by atoms with E-state index < -0.39 is 0 Å². The SMILES string of the molecule is CC[C@H](O)[C@@H](CC)OC. The van der Waals surface area contributed by atoms with Crippen LogP contribution in [-0.4, -0.2) is 24.4 Å². The van der Waals surface area contributed by atoms with E-state index in [0.717, 1.165) is 12.8 Å². The van der Waals surface area contributed by atoms with Gasteiger partial charge in [-0.3, -0.25) is 0 Å². The Hall–Kier alpha value is -0.0800. The fourth-order valence-corrected chi connectivity index (χ4v) is 0.859. The number of hydrogen-bond donors (Lipinski definition) is 1. The molecule has 0 aliphatic rings. The van der Waals surface area contributed by atoms with Gasteiger partial charge in [-0.25, -0.2) is 0 Å². The number of ether oxygens (including phenoxy) is 1. The number of rotatable bonds is 4. The van der Waals surface area contributed by atoms with Gasteiger partial charge in [0.1, 0.15) is 0 Å². The summed E-state index contributed by atoms with van der Waals surface area (Å²) in [7, 11) is 1.63.